The zero-order chi connectivity index (χ0) is 20.9. The lowest BCUT2D eigenvalue weighted by atomic mass is 10.3. The molecular formula is C20H15Cl2N3O3S2. The number of ether oxygens (including phenoxy) is 1. The standard InChI is InChI=1S/C20H15Cl2N3O3S2/c21-13-3-5-14(6-4-13)28-11-19-23-24-20(25(19)10-15-2-1-9-27-15)29-12-16(26)17-7-8-18(22)30-17/h1-9H,10-12H2. The molecule has 154 valence electrons. The molecule has 1 aromatic carbocycles. The minimum atomic E-state index is -0.0107. The van der Waals surface area contributed by atoms with Crippen LogP contribution in [0.4, 0.5) is 0 Å². The molecule has 0 aliphatic carbocycles. The van der Waals surface area contributed by atoms with Crippen molar-refractivity contribution in [3.8, 4) is 5.75 Å². The summed E-state index contributed by atoms with van der Waals surface area (Å²) in [6, 6.07) is 14.2. The van der Waals surface area contributed by atoms with Crippen LogP contribution in [0.5, 0.6) is 5.75 Å². The summed E-state index contributed by atoms with van der Waals surface area (Å²) in [6.07, 6.45) is 1.61. The molecule has 0 amide bonds. The molecule has 0 aliphatic heterocycles. The van der Waals surface area contributed by atoms with Crippen molar-refractivity contribution in [3.05, 3.63) is 80.6 Å². The van der Waals surface area contributed by atoms with Crippen molar-refractivity contribution in [3.63, 3.8) is 0 Å². The molecule has 0 atom stereocenters. The van der Waals surface area contributed by atoms with Gasteiger partial charge in [0.25, 0.3) is 0 Å². The van der Waals surface area contributed by atoms with Gasteiger partial charge in [0, 0.05) is 5.02 Å². The lowest BCUT2D eigenvalue weighted by Crippen LogP contribution is -2.10. The van der Waals surface area contributed by atoms with E-state index in [4.69, 9.17) is 32.4 Å². The lowest BCUT2D eigenvalue weighted by molar-refractivity contribution is 0.102. The molecule has 0 N–H and O–H groups in total. The fraction of sp³-hybridized carbons (Fsp3) is 0.150. The number of rotatable bonds is 9. The summed E-state index contributed by atoms with van der Waals surface area (Å²) in [4.78, 5) is 13.0. The summed E-state index contributed by atoms with van der Waals surface area (Å²) < 4.78 is 13.8. The van der Waals surface area contributed by atoms with Gasteiger partial charge in [-0.15, -0.1) is 21.5 Å². The highest BCUT2D eigenvalue weighted by Crippen LogP contribution is 2.26. The summed E-state index contributed by atoms with van der Waals surface area (Å²) in [5, 5.41) is 9.75. The van der Waals surface area contributed by atoms with E-state index in [-0.39, 0.29) is 18.1 Å². The Morgan fingerprint density at radius 1 is 1.13 bits per heavy atom. The van der Waals surface area contributed by atoms with Gasteiger partial charge in [-0.2, -0.15) is 0 Å². The molecule has 0 bridgehead atoms. The first kappa shape index (κ1) is 21.0. The summed E-state index contributed by atoms with van der Waals surface area (Å²) in [5.41, 5.74) is 0. The van der Waals surface area contributed by atoms with Crippen LogP contribution in [-0.4, -0.2) is 26.3 Å². The minimum absolute atomic E-state index is 0.0107. The van der Waals surface area contributed by atoms with Gasteiger partial charge in [-0.1, -0.05) is 35.0 Å². The van der Waals surface area contributed by atoms with Crippen molar-refractivity contribution >= 4 is 52.1 Å². The maximum atomic E-state index is 12.4. The largest absolute Gasteiger partial charge is 0.486 e. The Kier molecular flexibility index (Phi) is 6.79. The van der Waals surface area contributed by atoms with Crippen molar-refractivity contribution in [1.82, 2.24) is 14.8 Å². The van der Waals surface area contributed by atoms with Gasteiger partial charge in [-0.05, 0) is 48.5 Å². The van der Waals surface area contributed by atoms with Gasteiger partial charge in [0.1, 0.15) is 18.1 Å². The van der Waals surface area contributed by atoms with Crippen LogP contribution in [0.15, 0.2) is 64.4 Å². The number of nitrogens with zero attached hydrogens (tertiary/aromatic N) is 3. The highest BCUT2D eigenvalue weighted by atomic mass is 35.5. The Morgan fingerprint density at radius 2 is 1.97 bits per heavy atom. The van der Waals surface area contributed by atoms with Gasteiger partial charge in [-0.25, -0.2) is 0 Å². The zero-order valence-electron chi connectivity index (χ0n) is 15.5. The molecule has 4 rings (SSSR count). The van der Waals surface area contributed by atoms with E-state index < -0.39 is 0 Å². The first-order chi connectivity index (χ1) is 14.6. The predicted octanol–water partition coefficient (Wildman–Crippen LogP) is 5.84. The first-order valence-electron chi connectivity index (χ1n) is 8.82. The van der Waals surface area contributed by atoms with Crippen LogP contribution in [0.25, 0.3) is 0 Å². The molecule has 3 heterocycles. The van der Waals surface area contributed by atoms with Gasteiger partial charge in [0.2, 0.25) is 0 Å². The minimum Gasteiger partial charge on any atom is -0.486 e. The zero-order valence-corrected chi connectivity index (χ0v) is 18.6. The number of thioether (sulfide) groups is 1. The van der Waals surface area contributed by atoms with E-state index in [1.165, 1.54) is 23.1 Å². The molecule has 4 aromatic rings. The SMILES string of the molecule is O=C(CSc1nnc(COc2ccc(Cl)cc2)n1Cc1ccco1)c1ccc(Cl)s1. The van der Waals surface area contributed by atoms with Gasteiger partial charge in [0.05, 0.1) is 27.8 Å². The molecular weight excluding hydrogens is 465 g/mol. The smallest absolute Gasteiger partial charge is 0.192 e. The Morgan fingerprint density at radius 3 is 2.67 bits per heavy atom. The molecule has 0 saturated carbocycles. The number of aromatic nitrogens is 3. The van der Waals surface area contributed by atoms with Gasteiger partial charge < -0.3 is 9.15 Å². The third-order valence-corrected chi connectivity index (χ3v) is 6.54. The number of furan rings is 1. The highest BCUT2D eigenvalue weighted by molar-refractivity contribution is 7.99. The number of Topliss-reactive ketones (excluding diaryl/α,β-unsaturated/α-hetero) is 1. The van der Waals surface area contributed by atoms with Crippen LogP contribution >= 0.6 is 46.3 Å². The van der Waals surface area contributed by atoms with Crippen LogP contribution in [0.3, 0.4) is 0 Å². The monoisotopic (exact) mass is 479 g/mol. The quantitative estimate of drug-likeness (QED) is 0.221. The van der Waals surface area contributed by atoms with Gasteiger partial charge in [0.15, 0.2) is 16.8 Å². The van der Waals surface area contributed by atoms with E-state index in [0.717, 1.165) is 5.76 Å². The first-order valence-corrected chi connectivity index (χ1v) is 11.4. The van der Waals surface area contributed by atoms with Crippen molar-refractivity contribution in [1.29, 1.82) is 0 Å². The normalized spacial score (nSPS) is 11.0. The fourth-order valence-corrected chi connectivity index (χ4v) is 4.63. The van der Waals surface area contributed by atoms with Crippen LogP contribution in [0.2, 0.25) is 9.36 Å². The molecule has 10 heteroatoms. The Hall–Kier alpha value is -2.26. The maximum Gasteiger partial charge on any atom is 0.192 e. The number of halogens is 2. The van der Waals surface area contributed by atoms with Crippen LogP contribution in [-0.2, 0) is 13.2 Å². The fourth-order valence-electron chi connectivity index (χ4n) is 2.59. The van der Waals surface area contributed by atoms with Crippen molar-refractivity contribution < 1.29 is 13.9 Å². The average Bonchev–Trinajstić information content (AvgIpc) is 3.49. The summed E-state index contributed by atoms with van der Waals surface area (Å²) in [5.74, 6) is 2.26. The Balaban J connectivity index is 1.49. The summed E-state index contributed by atoms with van der Waals surface area (Å²) >= 11 is 14.4. The second-order valence-electron chi connectivity index (χ2n) is 6.12. The third-order valence-electron chi connectivity index (χ3n) is 4.05. The Bertz CT molecular complexity index is 1120. The number of thiophene rings is 1. The number of ketones is 1. The van der Waals surface area contributed by atoms with E-state index in [0.29, 0.717) is 37.5 Å². The Labute approximate surface area is 190 Å². The second kappa shape index (κ2) is 9.70. The molecule has 0 spiro atoms. The van der Waals surface area contributed by atoms with Crippen molar-refractivity contribution in [2.24, 2.45) is 0 Å². The molecule has 30 heavy (non-hydrogen) atoms. The van der Waals surface area contributed by atoms with Crippen molar-refractivity contribution in [2.75, 3.05) is 5.75 Å². The lowest BCUT2D eigenvalue weighted by Gasteiger charge is -2.10. The summed E-state index contributed by atoms with van der Waals surface area (Å²) in [7, 11) is 0. The molecule has 0 saturated heterocycles. The van der Waals surface area contributed by atoms with E-state index in [9.17, 15) is 4.79 Å². The number of hydrogen-bond donors (Lipinski definition) is 0. The molecule has 6 nitrogen and oxygen atoms in total. The maximum absolute atomic E-state index is 12.4. The van der Waals surface area contributed by atoms with E-state index in [1.807, 2.05) is 16.7 Å². The van der Waals surface area contributed by atoms with Crippen LogP contribution in [0.1, 0.15) is 21.3 Å². The molecule has 0 fully saturated rings. The third kappa shape index (κ3) is 5.26. The molecule has 0 unspecified atom stereocenters. The van der Waals surface area contributed by atoms with Crippen LogP contribution in [0, 0.1) is 0 Å². The predicted molar refractivity (Wildman–Crippen MR) is 118 cm³/mol. The second-order valence-corrected chi connectivity index (χ2v) is 9.22. The van der Waals surface area contributed by atoms with E-state index >= 15 is 0 Å². The average molecular weight is 480 g/mol. The number of benzene rings is 1. The highest BCUT2D eigenvalue weighted by Gasteiger charge is 2.17. The van der Waals surface area contributed by atoms with E-state index in [1.54, 1.807) is 42.7 Å². The molecule has 3 aromatic heterocycles. The van der Waals surface area contributed by atoms with E-state index in [2.05, 4.69) is 10.2 Å². The molecule has 0 aliphatic rings. The van der Waals surface area contributed by atoms with Crippen molar-refractivity contribution in [2.45, 2.75) is 18.3 Å². The van der Waals surface area contributed by atoms with Gasteiger partial charge >= 0.3 is 0 Å². The summed E-state index contributed by atoms with van der Waals surface area (Å²) in [6.45, 7) is 0.644. The van der Waals surface area contributed by atoms with Gasteiger partial charge in [-0.3, -0.25) is 9.36 Å². The molecule has 0 radical (unpaired) electrons. The number of hydrogen-bond acceptors (Lipinski definition) is 7. The van der Waals surface area contributed by atoms with Crippen LogP contribution < -0.4 is 4.74 Å². The number of carbonyl (C=O) groups excluding carboxylic acids is 1. The topological polar surface area (TPSA) is 70.2 Å². The number of carbonyl (C=O) groups is 1.